The molecule has 0 aliphatic rings. The summed E-state index contributed by atoms with van der Waals surface area (Å²) in [7, 11) is 0. The molecule has 0 saturated heterocycles. The number of carbonyl (C=O) groups is 1. The topological polar surface area (TPSA) is 75.1 Å². The number of aryl methyl sites for hydroxylation is 1. The van der Waals surface area contributed by atoms with E-state index in [9.17, 15) is 4.79 Å². The van der Waals surface area contributed by atoms with Crippen LogP contribution in [-0.2, 0) is 4.79 Å². The number of aliphatic carboxylic acids is 1. The molecule has 0 spiro atoms. The monoisotopic (exact) mass is 313 g/mol. The Morgan fingerprint density at radius 3 is 2.68 bits per heavy atom. The zero-order chi connectivity index (χ0) is 15.7. The number of rotatable bonds is 4. The van der Waals surface area contributed by atoms with Crippen LogP contribution in [-0.4, -0.2) is 27.1 Å². The maximum absolute atomic E-state index is 11.1. The largest absolute Gasteiger partial charge is 0.480 e. The third kappa shape index (κ3) is 2.65. The first-order valence-corrected chi connectivity index (χ1v) is 7.75. The Hall–Kier alpha value is -2.47. The van der Waals surface area contributed by atoms with Crippen molar-refractivity contribution in [3.05, 3.63) is 41.5 Å². The summed E-state index contributed by atoms with van der Waals surface area (Å²) in [5.41, 5.74) is 2.08. The number of aromatic nitrogens is 2. The Morgan fingerprint density at radius 2 is 2.00 bits per heavy atom. The van der Waals surface area contributed by atoms with Gasteiger partial charge in [-0.3, -0.25) is 4.79 Å². The third-order valence-electron chi connectivity index (χ3n) is 3.35. The van der Waals surface area contributed by atoms with Crippen LogP contribution in [0.3, 0.4) is 0 Å². The van der Waals surface area contributed by atoms with E-state index >= 15 is 0 Å². The summed E-state index contributed by atoms with van der Waals surface area (Å²) < 4.78 is 0. The molecular weight excluding hydrogens is 298 g/mol. The van der Waals surface area contributed by atoms with E-state index in [0.29, 0.717) is 11.6 Å². The molecule has 6 heteroatoms. The number of fused-ring (bicyclic) bond motifs is 1. The fraction of sp³-hybridized carbons (Fsp3) is 0.188. The first-order valence-electron chi connectivity index (χ1n) is 6.87. The van der Waals surface area contributed by atoms with E-state index in [1.54, 1.807) is 13.8 Å². The van der Waals surface area contributed by atoms with Gasteiger partial charge in [-0.2, -0.15) is 0 Å². The van der Waals surface area contributed by atoms with Crippen LogP contribution in [0.2, 0.25) is 0 Å². The molecule has 2 aromatic heterocycles. The standard InChI is InChI=1S/C16H15N3O2S/c1-9(16(20)21)17-14-13-12(11-6-4-3-5-7-11)8-22-15(13)19-10(2)18-14/h3-9H,1-2H3,(H,20,21)(H,17,18,19). The van der Waals surface area contributed by atoms with E-state index in [-0.39, 0.29) is 0 Å². The van der Waals surface area contributed by atoms with E-state index < -0.39 is 12.0 Å². The SMILES string of the molecule is Cc1nc(NC(C)C(=O)O)c2c(-c3ccccc3)csc2n1. The van der Waals surface area contributed by atoms with Crippen LogP contribution in [0.15, 0.2) is 35.7 Å². The lowest BCUT2D eigenvalue weighted by atomic mass is 10.1. The lowest BCUT2D eigenvalue weighted by Gasteiger charge is -2.12. The van der Waals surface area contributed by atoms with Gasteiger partial charge in [0, 0.05) is 10.9 Å². The van der Waals surface area contributed by atoms with E-state index in [4.69, 9.17) is 5.11 Å². The van der Waals surface area contributed by atoms with Crippen LogP contribution in [0.4, 0.5) is 5.82 Å². The van der Waals surface area contributed by atoms with E-state index in [1.807, 2.05) is 35.7 Å². The van der Waals surface area contributed by atoms with E-state index in [2.05, 4.69) is 15.3 Å². The molecule has 5 nitrogen and oxygen atoms in total. The van der Waals surface area contributed by atoms with Gasteiger partial charge >= 0.3 is 5.97 Å². The highest BCUT2D eigenvalue weighted by molar-refractivity contribution is 7.17. The summed E-state index contributed by atoms with van der Waals surface area (Å²) >= 11 is 1.53. The van der Waals surface area contributed by atoms with E-state index in [1.165, 1.54) is 11.3 Å². The number of carboxylic acid groups (broad SMARTS) is 1. The Kier molecular flexibility index (Phi) is 3.77. The van der Waals surface area contributed by atoms with Gasteiger partial charge in [0.1, 0.15) is 22.5 Å². The van der Waals surface area contributed by atoms with Crippen LogP contribution in [0.25, 0.3) is 21.3 Å². The summed E-state index contributed by atoms with van der Waals surface area (Å²) in [5, 5.41) is 15.0. The molecule has 1 unspecified atom stereocenters. The van der Waals surface area contributed by atoms with Crippen molar-refractivity contribution in [2.24, 2.45) is 0 Å². The zero-order valence-corrected chi connectivity index (χ0v) is 13.0. The van der Waals surface area contributed by atoms with Gasteiger partial charge in [-0.1, -0.05) is 30.3 Å². The molecule has 0 radical (unpaired) electrons. The molecule has 112 valence electrons. The average molecular weight is 313 g/mol. The lowest BCUT2D eigenvalue weighted by Crippen LogP contribution is -2.26. The number of carboxylic acids is 1. The molecular formula is C16H15N3O2S. The summed E-state index contributed by atoms with van der Waals surface area (Å²) in [6, 6.07) is 9.23. The van der Waals surface area contributed by atoms with Crippen LogP contribution in [0, 0.1) is 6.92 Å². The maximum atomic E-state index is 11.1. The van der Waals surface area contributed by atoms with Crippen molar-refractivity contribution in [1.29, 1.82) is 0 Å². The molecule has 22 heavy (non-hydrogen) atoms. The minimum Gasteiger partial charge on any atom is -0.480 e. The molecule has 0 amide bonds. The van der Waals surface area contributed by atoms with Crippen LogP contribution in [0.5, 0.6) is 0 Å². The fourth-order valence-electron chi connectivity index (χ4n) is 2.25. The number of nitrogens with one attached hydrogen (secondary N) is 1. The molecule has 0 bridgehead atoms. The lowest BCUT2D eigenvalue weighted by molar-refractivity contribution is -0.137. The molecule has 0 aliphatic carbocycles. The quantitative estimate of drug-likeness (QED) is 0.770. The third-order valence-corrected chi connectivity index (χ3v) is 4.23. The van der Waals surface area contributed by atoms with Gasteiger partial charge in [-0.15, -0.1) is 11.3 Å². The van der Waals surface area contributed by atoms with Crippen molar-refractivity contribution in [3.8, 4) is 11.1 Å². The van der Waals surface area contributed by atoms with Gasteiger partial charge in [-0.05, 0) is 19.4 Å². The van der Waals surface area contributed by atoms with E-state index in [0.717, 1.165) is 21.3 Å². The molecule has 2 heterocycles. The summed E-state index contributed by atoms with van der Waals surface area (Å²) in [4.78, 5) is 20.8. The van der Waals surface area contributed by atoms with Gasteiger partial charge in [0.15, 0.2) is 0 Å². The van der Waals surface area contributed by atoms with Gasteiger partial charge in [-0.25, -0.2) is 9.97 Å². The van der Waals surface area contributed by atoms with Gasteiger partial charge in [0.05, 0.1) is 5.39 Å². The van der Waals surface area contributed by atoms with Crippen LogP contribution < -0.4 is 5.32 Å². The van der Waals surface area contributed by atoms with Crippen molar-refractivity contribution in [3.63, 3.8) is 0 Å². The Balaban J connectivity index is 2.18. The van der Waals surface area contributed by atoms with Gasteiger partial charge < -0.3 is 10.4 Å². The Bertz CT molecular complexity index is 830. The zero-order valence-electron chi connectivity index (χ0n) is 12.2. The van der Waals surface area contributed by atoms with Crippen LogP contribution >= 0.6 is 11.3 Å². The highest BCUT2D eigenvalue weighted by Gasteiger charge is 2.18. The second-order valence-corrected chi connectivity index (χ2v) is 5.88. The number of hydrogen-bond donors (Lipinski definition) is 2. The second-order valence-electron chi connectivity index (χ2n) is 5.02. The van der Waals surface area contributed by atoms with Crippen molar-refractivity contribution in [2.45, 2.75) is 19.9 Å². The van der Waals surface area contributed by atoms with Crippen molar-refractivity contribution >= 4 is 33.3 Å². The number of anilines is 1. The summed E-state index contributed by atoms with van der Waals surface area (Å²) in [6.07, 6.45) is 0. The summed E-state index contributed by atoms with van der Waals surface area (Å²) in [5.74, 6) is 0.271. The number of thiophene rings is 1. The maximum Gasteiger partial charge on any atom is 0.325 e. The molecule has 2 N–H and O–H groups in total. The predicted octanol–water partition coefficient (Wildman–Crippen LogP) is 3.55. The number of nitrogens with zero attached hydrogens (tertiary/aromatic N) is 2. The summed E-state index contributed by atoms with van der Waals surface area (Å²) in [6.45, 7) is 3.40. The Morgan fingerprint density at radius 1 is 1.27 bits per heavy atom. The predicted molar refractivity (Wildman–Crippen MR) is 88.3 cm³/mol. The van der Waals surface area contributed by atoms with Crippen molar-refractivity contribution in [1.82, 2.24) is 9.97 Å². The van der Waals surface area contributed by atoms with Crippen LogP contribution in [0.1, 0.15) is 12.7 Å². The Labute approximate surface area is 131 Å². The molecule has 3 rings (SSSR count). The van der Waals surface area contributed by atoms with Gasteiger partial charge in [0.2, 0.25) is 0 Å². The number of hydrogen-bond acceptors (Lipinski definition) is 5. The molecule has 0 fully saturated rings. The van der Waals surface area contributed by atoms with Crippen molar-refractivity contribution < 1.29 is 9.90 Å². The normalized spacial score (nSPS) is 12.3. The number of benzene rings is 1. The average Bonchev–Trinajstić information content (AvgIpc) is 2.91. The minimum absolute atomic E-state index is 0.567. The highest BCUT2D eigenvalue weighted by Crippen LogP contribution is 2.36. The second kappa shape index (κ2) is 5.73. The van der Waals surface area contributed by atoms with Crippen molar-refractivity contribution in [2.75, 3.05) is 5.32 Å². The highest BCUT2D eigenvalue weighted by atomic mass is 32.1. The first-order chi connectivity index (χ1) is 10.6. The molecule has 0 aliphatic heterocycles. The minimum atomic E-state index is -0.916. The van der Waals surface area contributed by atoms with Gasteiger partial charge in [0.25, 0.3) is 0 Å². The molecule has 1 aromatic carbocycles. The molecule has 3 aromatic rings. The molecule has 0 saturated carbocycles. The fourth-order valence-corrected chi connectivity index (χ4v) is 3.24. The molecule has 1 atom stereocenters. The smallest absolute Gasteiger partial charge is 0.325 e. The first kappa shape index (κ1) is 14.5.